The van der Waals surface area contributed by atoms with E-state index in [1.165, 1.54) is 5.56 Å². The van der Waals surface area contributed by atoms with Crippen molar-refractivity contribution in [2.45, 2.75) is 25.3 Å². The van der Waals surface area contributed by atoms with Crippen LogP contribution in [0.3, 0.4) is 0 Å². The highest BCUT2D eigenvalue weighted by molar-refractivity contribution is 9.10. The molecule has 1 atom stereocenters. The molecule has 0 radical (unpaired) electrons. The maximum absolute atomic E-state index is 12.0. The second-order valence-corrected chi connectivity index (χ2v) is 5.95. The highest BCUT2D eigenvalue weighted by Crippen LogP contribution is 2.33. The van der Waals surface area contributed by atoms with Crippen molar-refractivity contribution in [1.29, 1.82) is 0 Å². The summed E-state index contributed by atoms with van der Waals surface area (Å²) in [5.74, 6) is 0.254. The van der Waals surface area contributed by atoms with Crippen LogP contribution in [-0.2, 0) is 4.79 Å². The minimum Gasteiger partial charge on any atom is -0.336 e. The molecule has 0 bridgehead atoms. The van der Waals surface area contributed by atoms with Crippen LogP contribution < -0.4 is 0 Å². The number of carbonyl (C=O) groups excluding carboxylic acids is 1. The Hall–Kier alpha value is -0.350. The number of amides is 1. The normalized spacial score (nSPS) is 19.6. The van der Waals surface area contributed by atoms with Crippen LogP contribution in [0.15, 0.2) is 28.7 Å². The van der Waals surface area contributed by atoms with E-state index in [-0.39, 0.29) is 11.9 Å². The van der Waals surface area contributed by atoms with Gasteiger partial charge in [0.1, 0.15) is 0 Å². The van der Waals surface area contributed by atoms with Crippen molar-refractivity contribution in [3.8, 4) is 0 Å². The number of carbonyl (C=O) groups is 1. The Morgan fingerprint density at radius 1 is 1.47 bits per heavy atom. The van der Waals surface area contributed by atoms with Crippen molar-refractivity contribution in [3.05, 3.63) is 34.3 Å². The summed E-state index contributed by atoms with van der Waals surface area (Å²) in [7, 11) is 0. The van der Waals surface area contributed by atoms with Crippen molar-refractivity contribution in [1.82, 2.24) is 4.90 Å². The Kier molecular flexibility index (Phi) is 4.62. The van der Waals surface area contributed by atoms with Gasteiger partial charge in [-0.15, -0.1) is 0 Å². The fourth-order valence-corrected chi connectivity index (χ4v) is 3.11. The SMILES string of the molecule is O=C(CCBr)N1CCCC1c1cccc(Br)c1. The first kappa shape index (κ1) is 13.1. The van der Waals surface area contributed by atoms with Gasteiger partial charge in [-0.05, 0) is 30.5 Å². The molecule has 4 heteroatoms. The maximum Gasteiger partial charge on any atom is 0.223 e. The molecule has 0 N–H and O–H groups in total. The lowest BCUT2D eigenvalue weighted by atomic mass is 10.0. The minimum absolute atomic E-state index is 0.254. The Labute approximate surface area is 119 Å². The lowest BCUT2D eigenvalue weighted by molar-refractivity contribution is -0.131. The number of hydrogen-bond donors (Lipinski definition) is 0. The molecule has 0 spiro atoms. The first-order chi connectivity index (χ1) is 8.22. The predicted octanol–water partition coefficient (Wildman–Crippen LogP) is 3.90. The van der Waals surface area contributed by atoms with E-state index in [1.807, 2.05) is 17.0 Å². The molecular formula is C13H15Br2NO. The standard InChI is InChI=1S/C13H15Br2NO/c14-7-6-13(17)16-8-2-5-12(16)10-3-1-4-11(15)9-10/h1,3-4,9,12H,2,5-8H2. The third kappa shape index (κ3) is 3.10. The molecule has 92 valence electrons. The fourth-order valence-electron chi connectivity index (χ4n) is 2.35. The lowest BCUT2D eigenvalue weighted by Crippen LogP contribution is -2.30. The van der Waals surface area contributed by atoms with Gasteiger partial charge in [0.2, 0.25) is 5.91 Å². The molecule has 1 amide bonds. The van der Waals surface area contributed by atoms with Gasteiger partial charge in [0, 0.05) is 22.8 Å². The molecule has 1 aliphatic heterocycles. The number of rotatable bonds is 3. The van der Waals surface area contributed by atoms with Crippen molar-refractivity contribution < 1.29 is 4.79 Å². The fraction of sp³-hybridized carbons (Fsp3) is 0.462. The molecule has 0 aromatic heterocycles. The largest absolute Gasteiger partial charge is 0.336 e. The van der Waals surface area contributed by atoms with Crippen LogP contribution in [0.1, 0.15) is 30.9 Å². The maximum atomic E-state index is 12.0. The van der Waals surface area contributed by atoms with Crippen LogP contribution in [-0.4, -0.2) is 22.7 Å². The number of hydrogen-bond acceptors (Lipinski definition) is 1. The minimum atomic E-state index is 0.254. The van der Waals surface area contributed by atoms with Gasteiger partial charge < -0.3 is 4.90 Å². The molecule has 2 rings (SSSR count). The zero-order valence-corrected chi connectivity index (χ0v) is 12.7. The van der Waals surface area contributed by atoms with E-state index in [1.54, 1.807) is 0 Å². The van der Waals surface area contributed by atoms with E-state index in [0.29, 0.717) is 6.42 Å². The molecule has 1 aromatic rings. The van der Waals surface area contributed by atoms with Gasteiger partial charge >= 0.3 is 0 Å². The van der Waals surface area contributed by atoms with Gasteiger partial charge in [-0.2, -0.15) is 0 Å². The highest BCUT2D eigenvalue weighted by Gasteiger charge is 2.29. The molecule has 1 unspecified atom stereocenters. The first-order valence-electron chi connectivity index (χ1n) is 5.83. The number of benzene rings is 1. The van der Waals surface area contributed by atoms with Crippen LogP contribution in [0.5, 0.6) is 0 Å². The average molecular weight is 361 g/mol. The molecule has 0 saturated carbocycles. The molecule has 1 aromatic carbocycles. The summed E-state index contributed by atoms with van der Waals surface area (Å²) in [6.45, 7) is 0.892. The van der Waals surface area contributed by atoms with Crippen molar-refractivity contribution >= 4 is 37.8 Å². The van der Waals surface area contributed by atoms with Crippen LogP contribution in [0.4, 0.5) is 0 Å². The third-order valence-electron chi connectivity index (χ3n) is 3.11. The van der Waals surface area contributed by atoms with Gasteiger partial charge in [-0.25, -0.2) is 0 Å². The monoisotopic (exact) mass is 359 g/mol. The van der Waals surface area contributed by atoms with Crippen LogP contribution in [0, 0.1) is 0 Å². The Morgan fingerprint density at radius 3 is 3.00 bits per heavy atom. The first-order valence-corrected chi connectivity index (χ1v) is 7.74. The number of nitrogens with zero attached hydrogens (tertiary/aromatic N) is 1. The molecule has 0 aliphatic carbocycles. The summed E-state index contributed by atoms with van der Waals surface area (Å²) in [5.41, 5.74) is 1.24. The summed E-state index contributed by atoms with van der Waals surface area (Å²) in [6, 6.07) is 8.53. The van der Waals surface area contributed by atoms with E-state index < -0.39 is 0 Å². The van der Waals surface area contributed by atoms with E-state index >= 15 is 0 Å². The summed E-state index contributed by atoms with van der Waals surface area (Å²) in [4.78, 5) is 14.0. The van der Waals surface area contributed by atoms with Gasteiger partial charge in [0.05, 0.1) is 6.04 Å². The summed E-state index contributed by atoms with van der Waals surface area (Å²) < 4.78 is 1.08. The summed E-state index contributed by atoms with van der Waals surface area (Å²) in [6.07, 6.45) is 2.76. The molecule has 1 heterocycles. The van der Waals surface area contributed by atoms with Gasteiger partial charge in [-0.3, -0.25) is 4.79 Å². The second-order valence-electron chi connectivity index (χ2n) is 4.24. The van der Waals surface area contributed by atoms with Crippen molar-refractivity contribution in [2.24, 2.45) is 0 Å². The molecular weight excluding hydrogens is 346 g/mol. The summed E-state index contributed by atoms with van der Waals surface area (Å²) >= 11 is 6.82. The Bertz CT molecular complexity index is 408. The quantitative estimate of drug-likeness (QED) is 0.748. The van der Waals surface area contributed by atoms with Gasteiger partial charge in [0.15, 0.2) is 0 Å². The van der Waals surface area contributed by atoms with Crippen molar-refractivity contribution in [3.63, 3.8) is 0 Å². The number of halogens is 2. The van der Waals surface area contributed by atoms with E-state index in [0.717, 1.165) is 29.2 Å². The Morgan fingerprint density at radius 2 is 2.29 bits per heavy atom. The zero-order valence-electron chi connectivity index (χ0n) is 9.53. The van der Waals surface area contributed by atoms with Crippen molar-refractivity contribution in [2.75, 3.05) is 11.9 Å². The lowest BCUT2D eigenvalue weighted by Gasteiger charge is -2.25. The second kappa shape index (κ2) is 6.01. The molecule has 2 nitrogen and oxygen atoms in total. The smallest absolute Gasteiger partial charge is 0.223 e. The average Bonchev–Trinajstić information content (AvgIpc) is 2.78. The zero-order chi connectivity index (χ0) is 12.3. The number of alkyl halides is 1. The predicted molar refractivity (Wildman–Crippen MR) is 76.2 cm³/mol. The van der Waals surface area contributed by atoms with Gasteiger partial charge in [-0.1, -0.05) is 44.0 Å². The molecule has 17 heavy (non-hydrogen) atoms. The van der Waals surface area contributed by atoms with E-state index in [9.17, 15) is 4.79 Å². The van der Waals surface area contributed by atoms with Gasteiger partial charge in [0.25, 0.3) is 0 Å². The molecule has 1 saturated heterocycles. The number of likely N-dealkylation sites (tertiary alicyclic amines) is 1. The highest BCUT2D eigenvalue weighted by atomic mass is 79.9. The summed E-state index contributed by atoms with van der Waals surface area (Å²) in [5, 5.41) is 0.744. The molecule has 1 fully saturated rings. The van der Waals surface area contributed by atoms with Crippen LogP contribution >= 0.6 is 31.9 Å². The topological polar surface area (TPSA) is 20.3 Å². The van der Waals surface area contributed by atoms with E-state index in [4.69, 9.17) is 0 Å². The van der Waals surface area contributed by atoms with E-state index in [2.05, 4.69) is 44.0 Å². The van der Waals surface area contributed by atoms with Crippen LogP contribution in [0.25, 0.3) is 0 Å². The third-order valence-corrected chi connectivity index (χ3v) is 4.00. The molecule has 1 aliphatic rings. The Balaban J connectivity index is 2.17. The van der Waals surface area contributed by atoms with Crippen LogP contribution in [0.2, 0.25) is 0 Å².